The lowest BCUT2D eigenvalue weighted by Gasteiger charge is -2.45. The lowest BCUT2D eigenvalue weighted by Crippen LogP contribution is -2.43. The highest BCUT2D eigenvalue weighted by molar-refractivity contribution is 5.85. The average molecular weight is 290 g/mol. The summed E-state index contributed by atoms with van der Waals surface area (Å²) < 4.78 is 0. The number of fused-ring (bicyclic) bond motifs is 1. The highest BCUT2D eigenvalue weighted by Crippen LogP contribution is 2.49. The summed E-state index contributed by atoms with van der Waals surface area (Å²) in [5, 5.41) is 0. The number of hydrogen-bond donors (Lipinski definition) is 1. The molecule has 0 aliphatic heterocycles. The first-order valence-electron chi connectivity index (χ1n) is 7.44. The summed E-state index contributed by atoms with van der Waals surface area (Å²) in [6, 6.07) is 9.17. The molecule has 1 aromatic carbocycles. The van der Waals surface area contributed by atoms with Crippen LogP contribution in [0, 0.1) is 5.41 Å². The molecule has 1 aromatic rings. The summed E-state index contributed by atoms with van der Waals surface area (Å²) in [7, 11) is 0. The van der Waals surface area contributed by atoms with E-state index in [1.54, 1.807) is 0 Å². The van der Waals surface area contributed by atoms with Gasteiger partial charge in [0, 0.05) is 17.4 Å². The van der Waals surface area contributed by atoms with E-state index in [4.69, 9.17) is 5.73 Å². The number of hydrogen-bond acceptors (Lipinski definition) is 1. The second-order valence-corrected chi connectivity index (χ2v) is 5.96. The van der Waals surface area contributed by atoms with E-state index in [-0.39, 0.29) is 23.9 Å². The van der Waals surface area contributed by atoms with E-state index in [2.05, 4.69) is 55.5 Å². The molecule has 1 nitrogen and oxygen atoms in total. The number of benzene rings is 1. The minimum Gasteiger partial charge on any atom is -0.327 e. The van der Waals surface area contributed by atoms with Gasteiger partial charge >= 0.3 is 0 Å². The van der Waals surface area contributed by atoms with Crippen LogP contribution in [-0.4, -0.2) is 6.04 Å². The molecule has 108 valence electrons. The van der Waals surface area contributed by atoms with Crippen LogP contribution < -0.4 is 5.73 Å². The minimum absolute atomic E-state index is 0. The van der Waals surface area contributed by atoms with E-state index < -0.39 is 0 Å². The van der Waals surface area contributed by atoms with Crippen LogP contribution in [0.3, 0.4) is 0 Å². The van der Waals surface area contributed by atoms with Crippen molar-refractivity contribution in [1.82, 2.24) is 0 Å². The Morgan fingerprint density at radius 2 is 2.05 bits per heavy atom. The fourth-order valence-electron chi connectivity index (χ4n) is 3.91. The van der Waals surface area contributed by atoms with E-state index in [0.29, 0.717) is 5.92 Å². The van der Waals surface area contributed by atoms with Crippen LogP contribution >= 0.6 is 12.4 Å². The SMILES string of the molecule is CC[C@]1(C2c3ccccc3CCC2N)C=CC=CC1.Cl. The summed E-state index contributed by atoms with van der Waals surface area (Å²) in [5.74, 6) is 0.462. The molecule has 2 unspecified atom stereocenters. The quantitative estimate of drug-likeness (QED) is 0.859. The van der Waals surface area contributed by atoms with Crippen LogP contribution in [-0.2, 0) is 6.42 Å². The molecule has 0 radical (unpaired) electrons. The molecule has 0 spiro atoms. The van der Waals surface area contributed by atoms with Gasteiger partial charge in [0.15, 0.2) is 0 Å². The number of allylic oxidation sites excluding steroid dienone is 4. The molecule has 2 N–H and O–H groups in total. The Labute approximate surface area is 128 Å². The molecule has 2 heteroatoms. The summed E-state index contributed by atoms with van der Waals surface area (Å²) in [6.45, 7) is 2.30. The lowest BCUT2D eigenvalue weighted by atomic mass is 9.61. The third-order valence-electron chi connectivity index (χ3n) is 5.02. The number of rotatable bonds is 2. The van der Waals surface area contributed by atoms with Gasteiger partial charge in [0.1, 0.15) is 0 Å². The molecule has 2 aliphatic carbocycles. The van der Waals surface area contributed by atoms with Gasteiger partial charge in [0.25, 0.3) is 0 Å². The van der Waals surface area contributed by atoms with Crippen LogP contribution in [0.2, 0.25) is 0 Å². The van der Waals surface area contributed by atoms with Crippen LogP contribution in [0.15, 0.2) is 48.6 Å². The Balaban J connectivity index is 0.00000147. The maximum atomic E-state index is 6.53. The van der Waals surface area contributed by atoms with Gasteiger partial charge in [0.05, 0.1) is 0 Å². The molecule has 3 atom stereocenters. The van der Waals surface area contributed by atoms with Crippen molar-refractivity contribution in [2.45, 2.75) is 44.6 Å². The molecule has 0 heterocycles. The van der Waals surface area contributed by atoms with Gasteiger partial charge in [-0.15, -0.1) is 12.4 Å². The van der Waals surface area contributed by atoms with Crippen LogP contribution in [0.25, 0.3) is 0 Å². The third-order valence-corrected chi connectivity index (χ3v) is 5.02. The molecule has 20 heavy (non-hydrogen) atoms. The van der Waals surface area contributed by atoms with Crippen molar-refractivity contribution < 1.29 is 0 Å². The number of aryl methyl sites for hydroxylation is 1. The summed E-state index contributed by atoms with van der Waals surface area (Å²) in [5.41, 5.74) is 9.73. The molecule has 0 amide bonds. The first kappa shape index (κ1) is 15.3. The largest absolute Gasteiger partial charge is 0.327 e. The zero-order chi connectivity index (χ0) is 13.3. The normalized spacial score (nSPS) is 31.5. The Bertz CT molecular complexity index is 520. The van der Waals surface area contributed by atoms with Crippen molar-refractivity contribution in [2.24, 2.45) is 11.1 Å². The first-order valence-corrected chi connectivity index (χ1v) is 7.44. The second kappa shape index (κ2) is 6.15. The van der Waals surface area contributed by atoms with Crippen molar-refractivity contribution in [3.05, 3.63) is 59.7 Å². The highest BCUT2D eigenvalue weighted by atomic mass is 35.5. The Morgan fingerprint density at radius 3 is 2.75 bits per heavy atom. The fraction of sp³-hybridized carbons (Fsp3) is 0.444. The molecule has 3 rings (SSSR count). The van der Waals surface area contributed by atoms with Crippen molar-refractivity contribution in [1.29, 1.82) is 0 Å². The predicted octanol–water partition coefficient (Wildman–Crippen LogP) is 4.38. The van der Waals surface area contributed by atoms with Crippen molar-refractivity contribution >= 4 is 12.4 Å². The van der Waals surface area contributed by atoms with E-state index in [1.165, 1.54) is 11.1 Å². The predicted molar refractivity (Wildman–Crippen MR) is 88.3 cm³/mol. The smallest absolute Gasteiger partial charge is 0.0120 e. The molecular weight excluding hydrogens is 266 g/mol. The van der Waals surface area contributed by atoms with Gasteiger partial charge in [0.2, 0.25) is 0 Å². The average Bonchev–Trinajstić information content (AvgIpc) is 2.48. The Morgan fingerprint density at radius 1 is 1.25 bits per heavy atom. The third kappa shape index (κ3) is 2.45. The van der Waals surface area contributed by atoms with Gasteiger partial charge in [-0.25, -0.2) is 0 Å². The van der Waals surface area contributed by atoms with E-state index >= 15 is 0 Å². The Hall–Kier alpha value is -1.05. The highest BCUT2D eigenvalue weighted by Gasteiger charge is 2.41. The molecule has 2 aliphatic rings. The van der Waals surface area contributed by atoms with Crippen molar-refractivity contribution in [3.8, 4) is 0 Å². The molecule has 0 bridgehead atoms. The van der Waals surface area contributed by atoms with Gasteiger partial charge in [-0.3, -0.25) is 0 Å². The molecule has 0 aromatic heterocycles. The van der Waals surface area contributed by atoms with E-state index in [9.17, 15) is 0 Å². The summed E-state index contributed by atoms with van der Waals surface area (Å²) in [4.78, 5) is 0. The zero-order valence-electron chi connectivity index (χ0n) is 12.1. The van der Waals surface area contributed by atoms with E-state index in [1.807, 2.05) is 0 Å². The van der Waals surface area contributed by atoms with Gasteiger partial charge in [-0.05, 0) is 36.8 Å². The van der Waals surface area contributed by atoms with E-state index in [0.717, 1.165) is 25.7 Å². The second-order valence-electron chi connectivity index (χ2n) is 5.96. The fourth-order valence-corrected chi connectivity index (χ4v) is 3.91. The van der Waals surface area contributed by atoms with Crippen molar-refractivity contribution in [3.63, 3.8) is 0 Å². The minimum atomic E-state index is 0. The monoisotopic (exact) mass is 289 g/mol. The Kier molecular flexibility index (Phi) is 4.72. The number of halogens is 1. The topological polar surface area (TPSA) is 26.0 Å². The van der Waals surface area contributed by atoms with Gasteiger partial charge < -0.3 is 5.73 Å². The standard InChI is InChI=1S/C18H23N.ClH/c1-2-18(12-6-3-7-13-18)17-15-9-5-4-8-14(15)10-11-16(17)19;/h3-9,12,16-17H,2,10-11,13,19H2,1H3;1H/t16?,17?,18-;/m0./s1. The van der Waals surface area contributed by atoms with Gasteiger partial charge in [-0.2, -0.15) is 0 Å². The van der Waals surface area contributed by atoms with Crippen LogP contribution in [0.1, 0.15) is 43.2 Å². The zero-order valence-corrected chi connectivity index (χ0v) is 12.9. The van der Waals surface area contributed by atoms with Gasteiger partial charge in [-0.1, -0.05) is 55.5 Å². The first-order chi connectivity index (χ1) is 9.27. The van der Waals surface area contributed by atoms with Crippen LogP contribution in [0.4, 0.5) is 0 Å². The van der Waals surface area contributed by atoms with Crippen molar-refractivity contribution in [2.75, 3.05) is 0 Å². The maximum absolute atomic E-state index is 6.53. The van der Waals surface area contributed by atoms with Crippen LogP contribution in [0.5, 0.6) is 0 Å². The maximum Gasteiger partial charge on any atom is 0.0120 e. The molecule has 0 fully saturated rings. The summed E-state index contributed by atoms with van der Waals surface area (Å²) >= 11 is 0. The molecular formula is C18H24ClN. The lowest BCUT2D eigenvalue weighted by molar-refractivity contribution is 0.239. The number of nitrogens with two attached hydrogens (primary N) is 1. The molecule has 0 saturated carbocycles. The summed E-state index contributed by atoms with van der Waals surface area (Å²) in [6.07, 6.45) is 13.6. The molecule has 0 saturated heterocycles.